The largest absolute Gasteiger partial charge is 0.497 e. The van der Waals surface area contributed by atoms with E-state index in [0.29, 0.717) is 17.9 Å². The lowest BCUT2D eigenvalue weighted by Crippen LogP contribution is -2.31. The van der Waals surface area contributed by atoms with E-state index in [1.54, 1.807) is 31.5 Å². The number of nitro benzene ring substituents is 1. The molecule has 0 aliphatic carbocycles. The van der Waals surface area contributed by atoms with Gasteiger partial charge in [-0.1, -0.05) is 18.2 Å². The summed E-state index contributed by atoms with van der Waals surface area (Å²) >= 11 is 0. The average molecular weight is 392 g/mol. The van der Waals surface area contributed by atoms with Gasteiger partial charge in [-0.2, -0.15) is 5.10 Å². The van der Waals surface area contributed by atoms with Crippen LogP contribution in [-0.2, 0) is 0 Å². The number of likely N-dealkylation sites (tertiary alicyclic amines) is 1. The second-order valence-corrected chi connectivity index (χ2v) is 6.86. The number of nitrogens with zero attached hydrogens (tertiary/aromatic N) is 4. The first-order chi connectivity index (χ1) is 14.1. The minimum Gasteiger partial charge on any atom is -0.497 e. The van der Waals surface area contributed by atoms with E-state index >= 15 is 0 Å². The maximum atomic E-state index is 13.1. The highest BCUT2D eigenvalue weighted by molar-refractivity contribution is 5.92. The van der Waals surface area contributed by atoms with E-state index in [9.17, 15) is 14.9 Å². The smallest absolute Gasteiger partial charge is 0.274 e. The molecule has 0 saturated carbocycles. The van der Waals surface area contributed by atoms with Crippen LogP contribution < -0.4 is 4.74 Å². The van der Waals surface area contributed by atoms with Gasteiger partial charge in [0.25, 0.3) is 11.6 Å². The number of nitro groups is 1. The van der Waals surface area contributed by atoms with Crippen molar-refractivity contribution in [3.8, 4) is 11.4 Å². The van der Waals surface area contributed by atoms with Crippen LogP contribution in [0.25, 0.3) is 5.69 Å². The summed E-state index contributed by atoms with van der Waals surface area (Å²) in [6, 6.07) is 15.5. The number of carbonyl (C=O) groups excluding carboxylic acids is 1. The van der Waals surface area contributed by atoms with Crippen LogP contribution in [0, 0.1) is 10.1 Å². The number of carbonyl (C=O) groups is 1. The van der Waals surface area contributed by atoms with Crippen LogP contribution in [0.2, 0.25) is 0 Å². The molecule has 0 spiro atoms. The lowest BCUT2D eigenvalue weighted by molar-refractivity contribution is -0.384. The van der Waals surface area contributed by atoms with Gasteiger partial charge in [0.2, 0.25) is 0 Å². The minimum atomic E-state index is -0.456. The molecule has 0 radical (unpaired) electrons. The van der Waals surface area contributed by atoms with E-state index in [0.717, 1.165) is 24.2 Å². The van der Waals surface area contributed by atoms with Crippen LogP contribution >= 0.6 is 0 Å². The van der Waals surface area contributed by atoms with Crippen molar-refractivity contribution in [2.45, 2.75) is 18.9 Å². The van der Waals surface area contributed by atoms with Gasteiger partial charge in [0.1, 0.15) is 5.75 Å². The molecule has 8 nitrogen and oxygen atoms in total. The molecule has 1 atom stereocenters. The van der Waals surface area contributed by atoms with Gasteiger partial charge in [0.05, 0.1) is 23.8 Å². The van der Waals surface area contributed by atoms with Gasteiger partial charge < -0.3 is 9.64 Å². The van der Waals surface area contributed by atoms with E-state index in [4.69, 9.17) is 4.74 Å². The summed E-state index contributed by atoms with van der Waals surface area (Å²) < 4.78 is 6.79. The Labute approximate surface area is 167 Å². The van der Waals surface area contributed by atoms with Gasteiger partial charge in [-0.05, 0) is 42.7 Å². The molecule has 4 rings (SSSR count). The summed E-state index contributed by atoms with van der Waals surface area (Å²) in [5.74, 6) is 0.608. The monoisotopic (exact) mass is 392 g/mol. The Morgan fingerprint density at radius 1 is 1.21 bits per heavy atom. The Morgan fingerprint density at radius 2 is 2.03 bits per heavy atom. The number of hydrogen-bond acceptors (Lipinski definition) is 5. The third kappa shape index (κ3) is 3.69. The van der Waals surface area contributed by atoms with Gasteiger partial charge in [-0.3, -0.25) is 14.9 Å². The normalized spacial score (nSPS) is 16.0. The summed E-state index contributed by atoms with van der Waals surface area (Å²) in [6.07, 6.45) is 3.44. The van der Waals surface area contributed by atoms with Gasteiger partial charge in [0.15, 0.2) is 5.69 Å². The third-order valence-corrected chi connectivity index (χ3v) is 5.11. The SMILES string of the molecule is COc1cccc(C2CCCN2C(=O)c2ccn(-c3cccc([N+](=O)[O-])c3)n2)c1. The molecule has 3 aromatic rings. The number of aromatic nitrogens is 2. The molecule has 1 amide bonds. The summed E-state index contributed by atoms with van der Waals surface area (Å²) in [7, 11) is 1.62. The first-order valence-corrected chi connectivity index (χ1v) is 9.32. The zero-order chi connectivity index (χ0) is 20.4. The molecule has 1 aliphatic heterocycles. The molecule has 148 valence electrons. The third-order valence-electron chi connectivity index (χ3n) is 5.11. The molecule has 1 unspecified atom stereocenters. The van der Waals surface area contributed by atoms with E-state index < -0.39 is 4.92 Å². The maximum Gasteiger partial charge on any atom is 0.274 e. The fourth-order valence-corrected chi connectivity index (χ4v) is 3.68. The molecule has 0 N–H and O–H groups in total. The lowest BCUT2D eigenvalue weighted by Gasteiger charge is -2.24. The molecule has 2 aromatic carbocycles. The molecular formula is C21H20N4O4. The van der Waals surface area contributed by atoms with Crippen LogP contribution in [0.3, 0.4) is 0 Å². The first-order valence-electron chi connectivity index (χ1n) is 9.32. The maximum absolute atomic E-state index is 13.1. The molecule has 1 aliphatic rings. The minimum absolute atomic E-state index is 0.0245. The van der Waals surface area contributed by atoms with Gasteiger partial charge >= 0.3 is 0 Å². The van der Waals surface area contributed by atoms with Gasteiger partial charge in [-0.15, -0.1) is 0 Å². The van der Waals surface area contributed by atoms with Crippen molar-refractivity contribution in [1.29, 1.82) is 0 Å². The zero-order valence-electron chi connectivity index (χ0n) is 15.9. The van der Waals surface area contributed by atoms with E-state index in [-0.39, 0.29) is 17.6 Å². The number of methoxy groups -OCH3 is 1. The highest BCUT2D eigenvalue weighted by atomic mass is 16.6. The molecule has 29 heavy (non-hydrogen) atoms. The van der Waals surface area contributed by atoms with Crippen LogP contribution in [0.4, 0.5) is 5.69 Å². The van der Waals surface area contributed by atoms with Crippen molar-refractivity contribution >= 4 is 11.6 Å². The van der Waals surface area contributed by atoms with Crippen molar-refractivity contribution in [2.75, 3.05) is 13.7 Å². The predicted molar refractivity (Wildman–Crippen MR) is 106 cm³/mol. The predicted octanol–water partition coefficient (Wildman–Crippen LogP) is 3.77. The number of hydrogen-bond donors (Lipinski definition) is 0. The molecular weight excluding hydrogens is 372 g/mol. The highest BCUT2D eigenvalue weighted by Gasteiger charge is 2.32. The van der Waals surface area contributed by atoms with E-state index in [1.807, 2.05) is 29.2 Å². The number of amides is 1. The number of benzene rings is 2. The summed E-state index contributed by atoms with van der Waals surface area (Å²) in [4.78, 5) is 25.5. The van der Waals surface area contributed by atoms with E-state index in [2.05, 4.69) is 5.10 Å². The molecule has 1 aromatic heterocycles. The molecule has 1 fully saturated rings. The van der Waals surface area contributed by atoms with Crippen molar-refractivity contribution in [2.24, 2.45) is 0 Å². The van der Waals surface area contributed by atoms with Crippen LogP contribution in [0.5, 0.6) is 5.75 Å². The first kappa shape index (κ1) is 18.7. The fraction of sp³-hybridized carbons (Fsp3) is 0.238. The Balaban J connectivity index is 1.58. The standard InChI is InChI=1S/C21H20N4O4/c1-29-18-8-2-5-15(13-18)20-9-4-11-23(20)21(26)19-10-12-24(22-19)16-6-3-7-17(14-16)25(27)28/h2-3,5-8,10,12-14,20H,4,9,11H2,1H3. The van der Waals surface area contributed by atoms with Crippen molar-refractivity contribution < 1.29 is 14.5 Å². The van der Waals surface area contributed by atoms with Crippen molar-refractivity contribution in [1.82, 2.24) is 14.7 Å². The Kier molecular flexibility index (Phi) is 4.99. The molecule has 8 heteroatoms. The summed E-state index contributed by atoms with van der Waals surface area (Å²) in [5, 5.41) is 15.4. The number of ether oxygens (including phenoxy) is 1. The van der Waals surface area contributed by atoms with Crippen LogP contribution in [0.1, 0.15) is 34.9 Å². The van der Waals surface area contributed by atoms with Crippen molar-refractivity contribution in [3.63, 3.8) is 0 Å². The molecule has 1 saturated heterocycles. The lowest BCUT2D eigenvalue weighted by atomic mass is 10.0. The van der Waals surface area contributed by atoms with Crippen LogP contribution in [0.15, 0.2) is 60.8 Å². The topological polar surface area (TPSA) is 90.5 Å². The quantitative estimate of drug-likeness (QED) is 0.487. The Bertz CT molecular complexity index is 1060. The Morgan fingerprint density at radius 3 is 2.83 bits per heavy atom. The second-order valence-electron chi connectivity index (χ2n) is 6.86. The average Bonchev–Trinajstić information content (AvgIpc) is 3.43. The summed E-state index contributed by atoms with van der Waals surface area (Å²) in [6.45, 7) is 0.657. The Hall–Kier alpha value is -3.68. The number of rotatable bonds is 5. The highest BCUT2D eigenvalue weighted by Crippen LogP contribution is 2.34. The number of non-ortho nitro benzene ring substituents is 1. The zero-order valence-corrected chi connectivity index (χ0v) is 15.9. The van der Waals surface area contributed by atoms with Crippen LogP contribution in [-0.4, -0.2) is 39.2 Å². The second kappa shape index (κ2) is 7.75. The van der Waals surface area contributed by atoms with Crippen molar-refractivity contribution in [3.05, 3.63) is 82.2 Å². The van der Waals surface area contributed by atoms with Gasteiger partial charge in [0, 0.05) is 24.9 Å². The molecule has 2 heterocycles. The molecule has 0 bridgehead atoms. The van der Waals surface area contributed by atoms with Gasteiger partial charge in [-0.25, -0.2) is 4.68 Å². The summed E-state index contributed by atoms with van der Waals surface area (Å²) in [5.41, 5.74) is 1.85. The van der Waals surface area contributed by atoms with E-state index in [1.165, 1.54) is 16.8 Å². The fourth-order valence-electron chi connectivity index (χ4n) is 3.68.